The van der Waals surface area contributed by atoms with Crippen molar-refractivity contribution in [2.24, 2.45) is 16.6 Å². The minimum absolute atomic E-state index is 0.210. The van der Waals surface area contributed by atoms with E-state index in [1.54, 1.807) is 7.11 Å². The fourth-order valence-corrected chi connectivity index (χ4v) is 3.31. The average Bonchev–Trinajstić information content (AvgIpc) is 2.63. The van der Waals surface area contributed by atoms with Gasteiger partial charge in [-0.05, 0) is 44.3 Å². The van der Waals surface area contributed by atoms with Gasteiger partial charge >= 0.3 is 0 Å². The summed E-state index contributed by atoms with van der Waals surface area (Å²) in [7, 11) is 1.73. The molecule has 0 aromatic heterocycles. The maximum absolute atomic E-state index is 6.08. The molecule has 1 fully saturated rings. The molecule has 0 bridgehead atoms. The summed E-state index contributed by atoms with van der Waals surface area (Å²) >= 11 is 0. The molecule has 5 nitrogen and oxygen atoms in total. The first-order valence-electron chi connectivity index (χ1n) is 9.52. The van der Waals surface area contributed by atoms with Crippen LogP contribution in [0.1, 0.15) is 51.1 Å². The highest BCUT2D eigenvalue weighted by atomic mass is 16.5. The van der Waals surface area contributed by atoms with Crippen molar-refractivity contribution in [1.29, 1.82) is 0 Å². The van der Waals surface area contributed by atoms with E-state index < -0.39 is 0 Å². The van der Waals surface area contributed by atoms with Gasteiger partial charge in [-0.3, -0.25) is 9.89 Å². The van der Waals surface area contributed by atoms with Gasteiger partial charge in [0.05, 0.1) is 19.7 Å². The Morgan fingerprint density at radius 2 is 1.96 bits per heavy atom. The standard InChI is InChI=1S/C20H34N4O/c1-16(2)11-12-22-20(21)23-15-18(24-13-7-4-8-14-24)17-9-5-6-10-19(17)25-3/h5-6,9-10,16,18H,4,7-8,11-15H2,1-3H3,(H3,21,22,23). The molecule has 3 N–H and O–H groups in total. The zero-order valence-corrected chi connectivity index (χ0v) is 16.0. The number of piperidine rings is 1. The zero-order valence-electron chi connectivity index (χ0n) is 16.0. The van der Waals surface area contributed by atoms with Crippen molar-refractivity contribution in [3.05, 3.63) is 29.8 Å². The summed E-state index contributed by atoms with van der Waals surface area (Å²) in [4.78, 5) is 7.15. The number of para-hydroxylation sites is 1. The quantitative estimate of drug-likeness (QED) is 0.560. The van der Waals surface area contributed by atoms with E-state index in [-0.39, 0.29) is 6.04 Å². The fraction of sp³-hybridized carbons (Fsp3) is 0.650. The molecule has 0 amide bonds. The Morgan fingerprint density at radius 1 is 1.24 bits per heavy atom. The lowest BCUT2D eigenvalue weighted by atomic mass is 10.0. The van der Waals surface area contributed by atoms with Gasteiger partial charge in [-0.15, -0.1) is 0 Å². The number of aliphatic imine (C=N–C) groups is 1. The van der Waals surface area contributed by atoms with Gasteiger partial charge in [0.1, 0.15) is 5.75 Å². The minimum Gasteiger partial charge on any atom is -0.496 e. The van der Waals surface area contributed by atoms with E-state index in [0.717, 1.165) is 31.8 Å². The molecular formula is C20H34N4O. The second kappa shape index (κ2) is 10.3. The van der Waals surface area contributed by atoms with E-state index >= 15 is 0 Å². The van der Waals surface area contributed by atoms with Crippen LogP contribution in [0, 0.1) is 5.92 Å². The molecule has 25 heavy (non-hydrogen) atoms. The Kier molecular flexibility index (Phi) is 8.06. The van der Waals surface area contributed by atoms with Gasteiger partial charge in [-0.1, -0.05) is 38.5 Å². The van der Waals surface area contributed by atoms with Gasteiger partial charge < -0.3 is 15.8 Å². The van der Waals surface area contributed by atoms with Crippen molar-refractivity contribution in [3.8, 4) is 5.75 Å². The highest BCUT2D eigenvalue weighted by Gasteiger charge is 2.24. The molecule has 140 valence electrons. The lowest BCUT2D eigenvalue weighted by Gasteiger charge is -2.34. The van der Waals surface area contributed by atoms with Crippen LogP contribution < -0.4 is 15.8 Å². The summed E-state index contributed by atoms with van der Waals surface area (Å²) < 4.78 is 5.59. The smallest absolute Gasteiger partial charge is 0.188 e. The molecule has 1 heterocycles. The Labute approximate surface area is 152 Å². The summed E-state index contributed by atoms with van der Waals surface area (Å²) in [6.07, 6.45) is 4.91. The predicted molar refractivity (Wildman–Crippen MR) is 105 cm³/mol. The van der Waals surface area contributed by atoms with Crippen LogP contribution in [0.5, 0.6) is 5.75 Å². The maximum Gasteiger partial charge on any atom is 0.188 e. The van der Waals surface area contributed by atoms with Crippen LogP contribution in [0.3, 0.4) is 0 Å². The lowest BCUT2D eigenvalue weighted by molar-refractivity contribution is 0.165. The first-order valence-corrected chi connectivity index (χ1v) is 9.52. The Bertz CT molecular complexity index is 538. The van der Waals surface area contributed by atoms with E-state index in [1.807, 2.05) is 12.1 Å². The van der Waals surface area contributed by atoms with Crippen molar-refractivity contribution in [2.75, 3.05) is 33.3 Å². The molecule has 0 aliphatic carbocycles. The number of nitrogens with zero attached hydrogens (tertiary/aromatic N) is 2. The molecule has 1 atom stereocenters. The summed E-state index contributed by atoms with van der Waals surface area (Å²) in [6, 6.07) is 8.47. The molecule has 1 unspecified atom stereocenters. The number of methoxy groups -OCH3 is 1. The number of rotatable bonds is 8. The minimum atomic E-state index is 0.210. The number of likely N-dealkylation sites (tertiary alicyclic amines) is 1. The van der Waals surface area contributed by atoms with Crippen LogP contribution in [0.2, 0.25) is 0 Å². The van der Waals surface area contributed by atoms with Crippen LogP contribution in [-0.2, 0) is 0 Å². The molecule has 2 rings (SSSR count). The number of nitrogens with one attached hydrogen (secondary N) is 1. The predicted octanol–water partition coefficient (Wildman–Crippen LogP) is 3.17. The molecule has 1 aliphatic heterocycles. The third-order valence-electron chi connectivity index (χ3n) is 4.79. The van der Waals surface area contributed by atoms with Crippen LogP contribution in [0.15, 0.2) is 29.3 Å². The van der Waals surface area contributed by atoms with Crippen molar-refractivity contribution in [1.82, 2.24) is 10.2 Å². The van der Waals surface area contributed by atoms with Gasteiger partial charge in [0.2, 0.25) is 0 Å². The second-order valence-electron chi connectivity index (χ2n) is 7.19. The van der Waals surface area contributed by atoms with Gasteiger partial charge in [0.25, 0.3) is 0 Å². The maximum atomic E-state index is 6.08. The zero-order chi connectivity index (χ0) is 18.1. The highest BCUT2D eigenvalue weighted by Crippen LogP contribution is 2.31. The SMILES string of the molecule is COc1ccccc1C(CN=C(N)NCCC(C)C)N1CCCCC1. The summed E-state index contributed by atoms with van der Waals surface area (Å²) in [5.41, 5.74) is 7.28. The average molecular weight is 347 g/mol. The van der Waals surface area contributed by atoms with Gasteiger partial charge in [-0.25, -0.2) is 0 Å². The van der Waals surface area contributed by atoms with E-state index in [4.69, 9.17) is 10.5 Å². The van der Waals surface area contributed by atoms with Gasteiger partial charge in [0.15, 0.2) is 5.96 Å². The molecule has 1 aromatic carbocycles. The number of nitrogens with two attached hydrogens (primary N) is 1. The van der Waals surface area contributed by atoms with Crippen LogP contribution in [-0.4, -0.2) is 44.1 Å². The molecule has 1 aromatic rings. The van der Waals surface area contributed by atoms with E-state index in [1.165, 1.54) is 24.8 Å². The highest BCUT2D eigenvalue weighted by molar-refractivity contribution is 5.77. The summed E-state index contributed by atoms with van der Waals surface area (Å²) in [5.74, 6) is 2.13. The first kappa shape index (κ1) is 19.6. The largest absolute Gasteiger partial charge is 0.496 e. The van der Waals surface area contributed by atoms with E-state index in [0.29, 0.717) is 18.4 Å². The molecule has 0 spiro atoms. The number of hydrogen-bond donors (Lipinski definition) is 2. The molecule has 0 radical (unpaired) electrons. The lowest BCUT2D eigenvalue weighted by Crippen LogP contribution is -2.37. The van der Waals surface area contributed by atoms with Crippen LogP contribution in [0.4, 0.5) is 0 Å². The summed E-state index contributed by atoms with van der Waals surface area (Å²) in [6.45, 7) is 8.17. The molecular weight excluding hydrogens is 312 g/mol. The number of guanidine groups is 1. The van der Waals surface area contributed by atoms with Crippen LogP contribution in [0.25, 0.3) is 0 Å². The third-order valence-corrected chi connectivity index (χ3v) is 4.79. The molecule has 1 aliphatic rings. The molecule has 5 heteroatoms. The Balaban J connectivity index is 2.09. The van der Waals surface area contributed by atoms with Gasteiger partial charge in [0, 0.05) is 12.1 Å². The Hall–Kier alpha value is -1.75. The van der Waals surface area contributed by atoms with Gasteiger partial charge in [-0.2, -0.15) is 0 Å². The third kappa shape index (κ3) is 6.24. The van der Waals surface area contributed by atoms with Crippen molar-refractivity contribution in [3.63, 3.8) is 0 Å². The van der Waals surface area contributed by atoms with E-state index in [2.05, 4.69) is 41.2 Å². The monoisotopic (exact) mass is 346 g/mol. The van der Waals surface area contributed by atoms with Crippen molar-refractivity contribution in [2.45, 2.75) is 45.6 Å². The Morgan fingerprint density at radius 3 is 2.64 bits per heavy atom. The number of benzene rings is 1. The normalized spacial score (nSPS) is 17.5. The van der Waals surface area contributed by atoms with Crippen molar-refractivity contribution < 1.29 is 4.74 Å². The summed E-state index contributed by atoms with van der Waals surface area (Å²) in [5, 5.41) is 3.23. The van der Waals surface area contributed by atoms with Crippen LogP contribution >= 0.6 is 0 Å². The van der Waals surface area contributed by atoms with Crippen molar-refractivity contribution >= 4 is 5.96 Å². The topological polar surface area (TPSA) is 62.9 Å². The molecule has 1 saturated heterocycles. The number of hydrogen-bond acceptors (Lipinski definition) is 3. The fourth-order valence-electron chi connectivity index (χ4n) is 3.31. The second-order valence-corrected chi connectivity index (χ2v) is 7.19. The number of ether oxygens (including phenoxy) is 1. The van der Waals surface area contributed by atoms with E-state index in [9.17, 15) is 0 Å². The molecule has 0 saturated carbocycles. The first-order chi connectivity index (χ1) is 12.1.